The first-order valence-corrected chi connectivity index (χ1v) is 7.27. The van der Waals surface area contributed by atoms with Gasteiger partial charge in [-0.2, -0.15) is 0 Å². The first kappa shape index (κ1) is 15.2. The van der Waals surface area contributed by atoms with Gasteiger partial charge in [-0.3, -0.25) is 0 Å². The second kappa shape index (κ2) is 6.99. The summed E-state index contributed by atoms with van der Waals surface area (Å²) >= 11 is 0. The van der Waals surface area contributed by atoms with E-state index < -0.39 is 0 Å². The van der Waals surface area contributed by atoms with E-state index in [1.54, 1.807) is 7.11 Å². The zero-order valence-electron chi connectivity index (χ0n) is 12.2. The van der Waals surface area contributed by atoms with E-state index in [2.05, 4.69) is 13.8 Å². The van der Waals surface area contributed by atoms with Gasteiger partial charge in [0.15, 0.2) is 0 Å². The maximum Gasteiger partial charge on any atom is 0.0989 e. The quantitative estimate of drug-likeness (QED) is 0.734. The maximum atomic E-state index is 6.16. The first-order chi connectivity index (χ1) is 9.10. The van der Waals surface area contributed by atoms with E-state index in [0.717, 1.165) is 19.3 Å². The molecule has 0 aromatic rings. The van der Waals surface area contributed by atoms with Crippen LogP contribution in [0.1, 0.15) is 33.1 Å². The molecular weight excluding hydrogens is 246 g/mol. The Kier molecular flexibility index (Phi) is 5.59. The highest BCUT2D eigenvalue weighted by Crippen LogP contribution is 2.31. The van der Waals surface area contributed by atoms with Gasteiger partial charge in [0.25, 0.3) is 0 Å². The van der Waals surface area contributed by atoms with Crippen molar-refractivity contribution in [2.24, 2.45) is 5.73 Å². The minimum Gasteiger partial charge on any atom is -0.382 e. The minimum atomic E-state index is 0.0172. The summed E-state index contributed by atoms with van der Waals surface area (Å²) in [5.41, 5.74) is 5.98. The van der Waals surface area contributed by atoms with E-state index in [-0.39, 0.29) is 36.6 Å². The summed E-state index contributed by atoms with van der Waals surface area (Å²) in [6.45, 7) is 5.38. The van der Waals surface area contributed by atoms with Gasteiger partial charge in [0, 0.05) is 13.2 Å². The fraction of sp³-hybridized carbons (Fsp3) is 1.00. The highest BCUT2D eigenvalue weighted by atomic mass is 16.6. The lowest BCUT2D eigenvalue weighted by Crippen LogP contribution is -2.59. The predicted molar refractivity (Wildman–Crippen MR) is 72.1 cm³/mol. The lowest BCUT2D eigenvalue weighted by Gasteiger charge is -2.45. The highest BCUT2D eigenvalue weighted by molar-refractivity contribution is 4.96. The molecule has 0 aromatic carbocycles. The molecule has 1 aliphatic carbocycles. The van der Waals surface area contributed by atoms with Gasteiger partial charge in [-0.15, -0.1) is 0 Å². The topological polar surface area (TPSA) is 62.9 Å². The van der Waals surface area contributed by atoms with Crippen LogP contribution in [0.4, 0.5) is 0 Å². The SMILES string of the molecule is COCCOC1C(N)CC1OC1CC(C)OC(C)C1. The van der Waals surface area contributed by atoms with Crippen molar-refractivity contribution in [3.05, 3.63) is 0 Å². The van der Waals surface area contributed by atoms with Crippen LogP contribution in [0.5, 0.6) is 0 Å². The Labute approximate surface area is 115 Å². The molecule has 0 spiro atoms. The van der Waals surface area contributed by atoms with Gasteiger partial charge in [-0.1, -0.05) is 0 Å². The second-order valence-corrected chi connectivity index (χ2v) is 5.75. The summed E-state index contributed by atoms with van der Waals surface area (Å²) in [4.78, 5) is 0. The smallest absolute Gasteiger partial charge is 0.0989 e. The fourth-order valence-electron chi connectivity index (χ4n) is 2.95. The van der Waals surface area contributed by atoms with E-state index in [4.69, 9.17) is 24.7 Å². The van der Waals surface area contributed by atoms with E-state index in [9.17, 15) is 0 Å². The molecule has 1 saturated heterocycles. The van der Waals surface area contributed by atoms with Crippen LogP contribution in [0, 0.1) is 0 Å². The molecule has 2 aliphatic rings. The van der Waals surface area contributed by atoms with Crippen LogP contribution < -0.4 is 5.73 Å². The molecule has 2 fully saturated rings. The van der Waals surface area contributed by atoms with Crippen LogP contribution in [0.3, 0.4) is 0 Å². The molecule has 2 rings (SSSR count). The lowest BCUT2D eigenvalue weighted by atomic mass is 9.85. The molecule has 1 saturated carbocycles. The van der Waals surface area contributed by atoms with Gasteiger partial charge in [0.1, 0.15) is 0 Å². The molecule has 0 aromatic heterocycles. The Bertz CT molecular complexity index is 266. The predicted octanol–water partition coefficient (Wildman–Crippen LogP) is 1.09. The summed E-state index contributed by atoms with van der Waals surface area (Å²) in [6.07, 6.45) is 3.77. The molecule has 0 radical (unpaired) electrons. The average molecular weight is 273 g/mol. The summed E-state index contributed by atoms with van der Waals surface area (Å²) in [5, 5.41) is 0. The van der Waals surface area contributed by atoms with Crippen molar-refractivity contribution in [3.63, 3.8) is 0 Å². The van der Waals surface area contributed by atoms with Gasteiger partial charge in [0.2, 0.25) is 0 Å². The Balaban J connectivity index is 1.75. The Morgan fingerprint density at radius 1 is 1.11 bits per heavy atom. The monoisotopic (exact) mass is 273 g/mol. The van der Waals surface area contributed by atoms with Crippen molar-refractivity contribution < 1.29 is 18.9 Å². The number of hydrogen-bond donors (Lipinski definition) is 1. The Hall–Kier alpha value is -0.200. The summed E-state index contributed by atoms with van der Waals surface area (Å²) < 4.78 is 22.6. The molecule has 5 nitrogen and oxygen atoms in total. The van der Waals surface area contributed by atoms with Crippen molar-refractivity contribution in [1.29, 1.82) is 0 Å². The Morgan fingerprint density at radius 2 is 1.79 bits per heavy atom. The average Bonchev–Trinajstić information content (AvgIpc) is 2.33. The number of nitrogens with two attached hydrogens (primary N) is 1. The standard InChI is InChI=1S/C14H27NO4/c1-9-6-11(7-10(2)18-9)19-13-8-12(15)14(13)17-5-4-16-3/h9-14H,4-8,15H2,1-3H3. The molecule has 0 amide bonds. The van der Waals surface area contributed by atoms with Crippen LogP contribution in [0.15, 0.2) is 0 Å². The third-order valence-electron chi connectivity index (χ3n) is 3.91. The molecule has 5 heteroatoms. The molecule has 1 heterocycles. The molecule has 0 bridgehead atoms. The number of ether oxygens (including phenoxy) is 4. The van der Waals surface area contributed by atoms with Gasteiger partial charge < -0.3 is 24.7 Å². The van der Waals surface area contributed by atoms with Crippen molar-refractivity contribution in [3.8, 4) is 0 Å². The van der Waals surface area contributed by atoms with Gasteiger partial charge in [-0.05, 0) is 33.1 Å². The van der Waals surface area contributed by atoms with Gasteiger partial charge in [-0.25, -0.2) is 0 Å². The molecule has 2 N–H and O–H groups in total. The largest absolute Gasteiger partial charge is 0.382 e. The third kappa shape index (κ3) is 4.13. The maximum absolute atomic E-state index is 6.16. The molecule has 1 aliphatic heterocycles. The van der Waals surface area contributed by atoms with E-state index >= 15 is 0 Å². The number of methoxy groups -OCH3 is 1. The van der Waals surface area contributed by atoms with Crippen molar-refractivity contribution in [2.45, 2.75) is 69.7 Å². The van der Waals surface area contributed by atoms with Gasteiger partial charge in [0.05, 0.1) is 43.7 Å². The van der Waals surface area contributed by atoms with Crippen molar-refractivity contribution in [1.82, 2.24) is 0 Å². The summed E-state index contributed by atoms with van der Waals surface area (Å²) in [7, 11) is 1.67. The fourth-order valence-corrected chi connectivity index (χ4v) is 2.95. The van der Waals surface area contributed by atoms with Gasteiger partial charge >= 0.3 is 0 Å². The Morgan fingerprint density at radius 3 is 2.37 bits per heavy atom. The van der Waals surface area contributed by atoms with Crippen molar-refractivity contribution in [2.75, 3.05) is 20.3 Å². The summed E-state index contributed by atoms with van der Waals surface area (Å²) in [5.74, 6) is 0. The minimum absolute atomic E-state index is 0.0172. The van der Waals surface area contributed by atoms with E-state index in [0.29, 0.717) is 13.2 Å². The van der Waals surface area contributed by atoms with Crippen LogP contribution in [-0.2, 0) is 18.9 Å². The first-order valence-electron chi connectivity index (χ1n) is 7.27. The molecule has 19 heavy (non-hydrogen) atoms. The zero-order chi connectivity index (χ0) is 13.8. The molecular formula is C14H27NO4. The molecule has 5 atom stereocenters. The highest BCUT2D eigenvalue weighted by Gasteiger charge is 2.42. The van der Waals surface area contributed by atoms with Crippen LogP contribution in [-0.4, -0.2) is 56.9 Å². The van der Waals surface area contributed by atoms with Crippen LogP contribution >= 0.6 is 0 Å². The van der Waals surface area contributed by atoms with E-state index in [1.165, 1.54) is 0 Å². The normalized spacial score (nSPS) is 42.9. The second-order valence-electron chi connectivity index (χ2n) is 5.75. The van der Waals surface area contributed by atoms with E-state index in [1.807, 2.05) is 0 Å². The van der Waals surface area contributed by atoms with Crippen LogP contribution in [0.25, 0.3) is 0 Å². The third-order valence-corrected chi connectivity index (χ3v) is 3.91. The lowest BCUT2D eigenvalue weighted by molar-refractivity contribution is -0.191. The molecule has 112 valence electrons. The zero-order valence-corrected chi connectivity index (χ0v) is 12.2. The van der Waals surface area contributed by atoms with Crippen LogP contribution in [0.2, 0.25) is 0 Å². The molecule has 5 unspecified atom stereocenters. The number of hydrogen-bond acceptors (Lipinski definition) is 5. The van der Waals surface area contributed by atoms with Crippen molar-refractivity contribution >= 4 is 0 Å². The number of rotatable bonds is 6. The summed E-state index contributed by atoms with van der Waals surface area (Å²) in [6, 6.07) is 0.0940.